The molecule has 0 aliphatic carbocycles. The molecule has 0 heterocycles. The number of hydrogen-bond donors (Lipinski definition) is 0. The second-order valence-corrected chi connectivity index (χ2v) is 5.76. The van der Waals surface area contributed by atoms with E-state index in [2.05, 4.69) is 27.4 Å². The Morgan fingerprint density at radius 2 is 1.94 bits per heavy atom. The number of rotatable bonds is 3. The van der Waals surface area contributed by atoms with Gasteiger partial charge in [0.15, 0.2) is 0 Å². The van der Waals surface area contributed by atoms with Crippen molar-refractivity contribution in [3.05, 3.63) is 47.3 Å². The molecule has 0 amide bonds. The van der Waals surface area contributed by atoms with Crippen LogP contribution in [0, 0.1) is 18.2 Å². The minimum atomic E-state index is -0.116. The first-order chi connectivity index (χ1) is 7.28. The van der Waals surface area contributed by atoms with E-state index in [9.17, 15) is 4.39 Å². The molecule has 1 heteroatoms. The largest absolute Gasteiger partial charge is 0.207 e. The number of aryl methyl sites for hydroxylation is 1. The van der Waals surface area contributed by atoms with Crippen LogP contribution in [0.5, 0.6) is 0 Å². The normalized spacial score (nSPS) is 11.6. The van der Waals surface area contributed by atoms with E-state index in [-0.39, 0.29) is 11.2 Å². The van der Waals surface area contributed by atoms with Gasteiger partial charge in [-0.3, -0.25) is 0 Å². The highest BCUT2D eigenvalue weighted by Gasteiger charge is 2.13. The standard InChI is InChI=1S/C15H21F/c1-11-6-7-13(14(16)9-11)8-12(2)10-15(3,4)5/h6-7,9H,2,8,10H2,1,3-5H3. The SMILES string of the molecule is C=C(Cc1ccc(C)cc1F)CC(C)(C)C. The summed E-state index contributed by atoms with van der Waals surface area (Å²) in [6, 6.07) is 5.39. The summed E-state index contributed by atoms with van der Waals surface area (Å²) in [6.45, 7) is 12.4. The summed E-state index contributed by atoms with van der Waals surface area (Å²) in [5, 5.41) is 0. The second kappa shape index (κ2) is 4.82. The zero-order valence-corrected chi connectivity index (χ0v) is 10.7. The van der Waals surface area contributed by atoms with Gasteiger partial charge in [0, 0.05) is 0 Å². The summed E-state index contributed by atoms with van der Waals surface area (Å²) >= 11 is 0. The van der Waals surface area contributed by atoms with Gasteiger partial charge in [0.2, 0.25) is 0 Å². The number of halogens is 1. The molecule has 0 aliphatic rings. The molecule has 0 fully saturated rings. The van der Waals surface area contributed by atoms with Gasteiger partial charge in [0.1, 0.15) is 5.82 Å². The van der Waals surface area contributed by atoms with Crippen LogP contribution in [0.1, 0.15) is 38.3 Å². The smallest absolute Gasteiger partial charge is 0.126 e. The maximum atomic E-state index is 13.6. The Morgan fingerprint density at radius 3 is 2.44 bits per heavy atom. The molecule has 1 aromatic rings. The van der Waals surface area contributed by atoms with Crippen molar-refractivity contribution in [3.8, 4) is 0 Å². The molecule has 0 atom stereocenters. The maximum Gasteiger partial charge on any atom is 0.126 e. The van der Waals surface area contributed by atoms with Gasteiger partial charge in [-0.2, -0.15) is 0 Å². The van der Waals surface area contributed by atoms with Crippen molar-refractivity contribution in [2.75, 3.05) is 0 Å². The zero-order chi connectivity index (χ0) is 12.3. The van der Waals surface area contributed by atoms with Gasteiger partial charge in [-0.05, 0) is 42.4 Å². The summed E-state index contributed by atoms with van der Waals surface area (Å²) < 4.78 is 13.6. The van der Waals surface area contributed by atoms with Gasteiger partial charge >= 0.3 is 0 Å². The molecule has 0 radical (unpaired) electrons. The van der Waals surface area contributed by atoms with Crippen LogP contribution in [0.3, 0.4) is 0 Å². The monoisotopic (exact) mass is 220 g/mol. The molecule has 0 nitrogen and oxygen atoms in total. The molecule has 16 heavy (non-hydrogen) atoms. The third-order valence-electron chi connectivity index (χ3n) is 2.43. The fourth-order valence-corrected chi connectivity index (χ4v) is 1.88. The molecule has 0 unspecified atom stereocenters. The van der Waals surface area contributed by atoms with Gasteiger partial charge in [-0.15, -0.1) is 0 Å². The van der Waals surface area contributed by atoms with Crippen molar-refractivity contribution in [1.82, 2.24) is 0 Å². The van der Waals surface area contributed by atoms with Crippen molar-refractivity contribution in [3.63, 3.8) is 0 Å². The van der Waals surface area contributed by atoms with Gasteiger partial charge < -0.3 is 0 Å². The molecule has 0 spiro atoms. The van der Waals surface area contributed by atoms with Crippen LogP contribution in [0.15, 0.2) is 30.4 Å². The van der Waals surface area contributed by atoms with E-state index in [4.69, 9.17) is 0 Å². The van der Waals surface area contributed by atoms with Crippen LogP contribution in [0.2, 0.25) is 0 Å². The fraction of sp³-hybridized carbons (Fsp3) is 0.467. The van der Waals surface area contributed by atoms with Gasteiger partial charge in [0.25, 0.3) is 0 Å². The third kappa shape index (κ3) is 4.18. The number of allylic oxidation sites excluding steroid dienone is 1. The summed E-state index contributed by atoms with van der Waals surface area (Å²) in [4.78, 5) is 0. The maximum absolute atomic E-state index is 13.6. The molecule has 0 N–H and O–H groups in total. The van der Waals surface area contributed by atoms with Crippen LogP contribution >= 0.6 is 0 Å². The predicted octanol–water partition coefficient (Wildman–Crippen LogP) is 4.67. The van der Waals surface area contributed by atoms with Crippen LogP contribution in [-0.2, 0) is 6.42 Å². The molecule has 0 bridgehead atoms. The second-order valence-electron chi connectivity index (χ2n) is 5.76. The minimum absolute atomic E-state index is 0.116. The van der Waals surface area contributed by atoms with Crippen LogP contribution in [-0.4, -0.2) is 0 Å². The highest BCUT2D eigenvalue weighted by Crippen LogP contribution is 2.25. The van der Waals surface area contributed by atoms with E-state index in [1.807, 2.05) is 19.1 Å². The molecule has 1 aromatic carbocycles. The summed E-state index contributed by atoms with van der Waals surface area (Å²) in [5.74, 6) is -0.116. The lowest BCUT2D eigenvalue weighted by molar-refractivity contribution is 0.406. The quantitative estimate of drug-likeness (QED) is 0.649. The van der Waals surface area contributed by atoms with E-state index in [1.54, 1.807) is 6.07 Å². The lowest BCUT2D eigenvalue weighted by atomic mass is 9.86. The predicted molar refractivity (Wildman–Crippen MR) is 68.1 cm³/mol. The van der Waals surface area contributed by atoms with Crippen molar-refractivity contribution in [2.45, 2.75) is 40.5 Å². The first-order valence-corrected chi connectivity index (χ1v) is 5.69. The Hall–Kier alpha value is -1.11. The lowest BCUT2D eigenvalue weighted by Crippen LogP contribution is -2.07. The minimum Gasteiger partial charge on any atom is -0.207 e. The van der Waals surface area contributed by atoms with E-state index >= 15 is 0 Å². The Kier molecular flexibility index (Phi) is 3.90. The molecule has 88 valence electrons. The number of hydrogen-bond acceptors (Lipinski definition) is 0. The topological polar surface area (TPSA) is 0 Å². The highest BCUT2D eigenvalue weighted by molar-refractivity contribution is 5.27. The van der Waals surface area contributed by atoms with Crippen molar-refractivity contribution < 1.29 is 4.39 Å². The Balaban J connectivity index is 2.70. The fourth-order valence-electron chi connectivity index (χ4n) is 1.88. The van der Waals surface area contributed by atoms with E-state index in [0.29, 0.717) is 6.42 Å². The van der Waals surface area contributed by atoms with Gasteiger partial charge in [0.05, 0.1) is 0 Å². The molecular formula is C15H21F. The van der Waals surface area contributed by atoms with E-state index in [0.717, 1.165) is 23.1 Å². The highest BCUT2D eigenvalue weighted by atomic mass is 19.1. The van der Waals surface area contributed by atoms with Crippen LogP contribution in [0.25, 0.3) is 0 Å². The summed E-state index contributed by atoms with van der Waals surface area (Å²) in [5.41, 5.74) is 3.02. The Labute approximate surface area is 98.2 Å². The van der Waals surface area contributed by atoms with Gasteiger partial charge in [-0.25, -0.2) is 4.39 Å². The average molecular weight is 220 g/mol. The molecule has 0 aliphatic heterocycles. The van der Waals surface area contributed by atoms with Crippen molar-refractivity contribution >= 4 is 0 Å². The van der Waals surface area contributed by atoms with Crippen LogP contribution in [0.4, 0.5) is 4.39 Å². The van der Waals surface area contributed by atoms with E-state index < -0.39 is 0 Å². The number of benzene rings is 1. The third-order valence-corrected chi connectivity index (χ3v) is 2.43. The molecule has 0 aromatic heterocycles. The van der Waals surface area contributed by atoms with Crippen molar-refractivity contribution in [2.24, 2.45) is 5.41 Å². The van der Waals surface area contributed by atoms with Crippen molar-refractivity contribution in [1.29, 1.82) is 0 Å². The Bertz CT molecular complexity index is 383. The van der Waals surface area contributed by atoms with Gasteiger partial charge in [-0.1, -0.05) is 45.1 Å². The molecular weight excluding hydrogens is 199 g/mol. The Morgan fingerprint density at radius 1 is 1.31 bits per heavy atom. The molecule has 1 rings (SSSR count). The van der Waals surface area contributed by atoms with Crippen LogP contribution < -0.4 is 0 Å². The van der Waals surface area contributed by atoms with E-state index in [1.165, 1.54) is 0 Å². The molecule has 0 saturated carbocycles. The lowest BCUT2D eigenvalue weighted by Gasteiger charge is -2.19. The molecule has 0 saturated heterocycles. The summed E-state index contributed by atoms with van der Waals surface area (Å²) in [7, 11) is 0. The average Bonchev–Trinajstić information content (AvgIpc) is 2.06. The zero-order valence-electron chi connectivity index (χ0n) is 10.7. The summed E-state index contributed by atoms with van der Waals surface area (Å²) in [6.07, 6.45) is 1.57. The first kappa shape index (κ1) is 13.0. The first-order valence-electron chi connectivity index (χ1n) is 5.69.